The normalized spacial score (nSPS) is 11.7. The van der Waals surface area contributed by atoms with Gasteiger partial charge >= 0.3 is 0 Å². The summed E-state index contributed by atoms with van der Waals surface area (Å²) >= 11 is 0. The number of para-hydroxylation sites is 3. The van der Waals surface area contributed by atoms with Crippen molar-refractivity contribution in [3.63, 3.8) is 0 Å². The molecule has 0 fully saturated rings. The number of aryl methyl sites for hydroxylation is 4. The van der Waals surface area contributed by atoms with Gasteiger partial charge in [0.25, 0.3) is 0 Å². The van der Waals surface area contributed by atoms with Crippen molar-refractivity contribution in [2.24, 2.45) is 0 Å². The van der Waals surface area contributed by atoms with Crippen LogP contribution in [0.15, 0.2) is 158 Å². The van der Waals surface area contributed by atoms with Gasteiger partial charge in [-0.25, -0.2) is 9.97 Å². The van der Waals surface area contributed by atoms with Gasteiger partial charge in [0.05, 0.1) is 33.5 Å². The van der Waals surface area contributed by atoms with Crippen molar-refractivity contribution in [2.45, 2.75) is 27.7 Å². The van der Waals surface area contributed by atoms with E-state index in [1.807, 2.05) is 0 Å². The van der Waals surface area contributed by atoms with Gasteiger partial charge in [-0.3, -0.25) is 0 Å². The highest BCUT2D eigenvalue weighted by molar-refractivity contribution is 6.12. The Hall–Kier alpha value is -6.78. The highest BCUT2D eigenvalue weighted by Gasteiger charge is 2.20. The van der Waals surface area contributed by atoms with Gasteiger partial charge in [0.2, 0.25) is 0 Å². The standard InChI is InChI=1S/C50H38N4/c1-31-15-5-7-17-36(31)43-30-44(52-50(51-43)37-18-8-6-16-32(37)2)41-27-34(4)49(28-33(41)3)54-47-24-14-11-21-40(47)42-29-35(25-26-48(42)54)53-45-22-12-9-19-38(45)39-20-10-13-23-46(39)53/h5-30H,1-4H3. The molecule has 10 rings (SSSR count). The van der Waals surface area contributed by atoms with Crippen molar-refractivity contribution in [1.29, 1.82) is 0 Å². The second-order valence-electron chi connectivity index (χ2n) is 14.5. The maximum atomic E-state index is 5.24. The molecule has 0 amide bonds. The maximum Gasteiger partial charge on any atom is 0.160 e. The van der Waals surface area contributed by atoms with Crippen LogP contribution in [0.2, 0.25) is 0 Å². The van der Waals surface area contributed by atoms with Gasteiger partial charge in [-0.2, -0.15) is 0 Å². The average molecular weight is 695 g/mol. The Balaban J connectivity index is 1.16. The summed E-state index contributed by atoms with van der Waals surface area (Å²) in [5.41, 5.74) is 16.9. The Bertz CT molecular complexity index is 2990. The zero-order valence-corrected chi connectivity index (χ0v) is 30.8. The molecule has 258 valence electrons. The van der Waals surface area contributed by atoms with Crippen LogP contribution in [0.5, 0.6) is 0 Å². The first-order chi connectivity index (χ1) is 26.4. The molecule has 0 aliphatic carbocycles. The summed E-state index contributed by atoms with van der Waals surface area (Å²) in [5.74, 6) is 0.742. The van der Waals surface area contributed by atoms with Gasteiger partial charge < -0.3 is 9.13 Å². The molecule has 10 aromatic rings. The summed E-state index contributed by atoms with van der Waals surface area (Å²) in [5, 5.41) is 5.00. The quantitative estimate of drug-likeness (QED) is 0.180. The fourth-order valence-electron chi connectivity index (χ4n) is 8.41. The van der Waals surface area contributed by atoms with Gasteiger partial charge in [-0.05, 0) is 105 Å². The van der Waals surface area contributed by atoms with Crippen molar-refractivity contribution >= 4 is 43.6 Å². The first-order valence-corrected chi connectivity index (χ1v) is 18.6. The molecular weight excluding hydrogens is 657 g/mol. The lowest BCUT2D eigenvalue weighted by Gasteiger charge is -2.17. The molecule has 3 aromatic heterocycles. The highest BCUT2D eigenvalue weighted by Crippen LogP contribution is 2.39. The largest absolute Gasteiger partial charge is 0.309 e. The third-order valence-corrected chi connectivity index (χ3v) is 11.1. The molecule has 3 heterocycles. The molecule has 0 spiro atoms. The van der Waals surface area contributed by atoms with Crippen LogP contribution in [0.3, 0.4) is 0 Å². The van der Waals surface area contributed by atoms with Crippen molar-refractivity contribution in [1.82, 2.24) is 19.1 Å². The minimum absolute atomic E-state index is 0.742. The number of rotatable bonds is 5. The topological polar surface area (TPSA) is 35.6 Å². The Morgan fingerprint density at radius 2 is 0.852 bits per heavy atom. The molecule has 0 atom stereocenters. The zero-order valence-electron chi connectivity index (χ0n) is 30.8. The Labute approximate surface area is 314 Å². The van der Waals surface area contributed by atoms with Crippen molar-refractivity contribution in [3.8, 4) is 45.3 Å². The maximum absolute atomic E-state index is 5.24. The number of nitrogens with zero attached hydrogens (tertiary/aromatic N) is 4. The van der Waals surface area contributed by atoms with Gasteiger partial charge in [0.1, 0.15) is 0 Å². The SMILES string of the molecule is Cc1ccccc1-c1cc(-c2cc(C)c(-n3c4ccccc4c4cc(-n5c6ccccc6c6ccccc65)ccc43)cc2C)nc(-c2ccccc2C)n1. The summed E-state index contributed by atoms with van der Waals surface area (Å²) in [6.07, 6.45) is 0. The summed E-state index contributed by atoms with van der Waals surface area (Å²) in [6, 6.07) is 56.8. The van der Waals surface area contributed by atoms with E-state index in [-0.39, 0.29) is 0 Å². The molecule has 0 aliphatic rings. The summed E-state index contributed by atoms with van der Waals surface area (Å²) in [4.78, 5) is 10.4. The number of hydrogen-bond donors (Lipinski definition) is 0. The fraction of sp³-hybridized carbons (Fsp3) is 0.0800. The molecule has 0 bridgehead atoms. The lowest BCUT2D eigenvalue weighted by atomic mass is 9.98. The lowest BCUT2D eigenvalue weighted by molar-refractivity contribution is 1.13. The minimum Gasteiger partial charge on any atom is -0.309 e. The van der Waals surface area contributed by atoms with Crippen LogP contribution in [0.25, 0.3) is 88.9 Å². The van der Waals surface area contributed by atoms with Crippen molar-refractivity contribution < 1.29 is 0 Å². The zero-order chi connectivity index (χ0) is 36.5. The molecule has 0 saturated heterocycles. The van der Waals surface area contributed by atoms with E-state index in [9.17, 15) is 0 Å². The van der Waals surface area contributed by atoms with Crippen LogP contribution in [0.1, 0.15) is 22.3 Å². The number of fused-ring (bicyclic) bond motifs is 6. The fourth-order valence-corrected chi connectivity index (χ4v) is 8.41. The summed E-state index contributed by atoms with van der Waals surface area (Å²) < 4.78 is 4.84. The molecule has 0 N–H and O–H groups in total. The van der Waals surface area contributed by atoms with E-state index in [4.69, 9.17) is 9.97 Å². The van der Waals surface area contributed by atoms with E-state index in [0.717, 1.165) is 50.7 Å². The van der Waals surface area contributed by atoms with Crippen LogP contribution in [0, 0.1) is 27.7 Å². The average Bonchev–Trinajstić information content (AvgIpc) is 3.71. The second-order valence-corrected chi connectivity index (χ2v) is 14.5. The third kappa shape index (κ3) is 4.98. The van der Waals surface area contributed by atoms with Crippen LogP contribution in [-0.4, -0.2) is 19.1 Å². The van der Waals surface area contributed by atoms with E-state index in [1.54, 1.807) is 0 Å². The monoisotopic (exact) mass is 694 g/mol. The van der Waals surface area contributed by atoms with Gasteiger partial charge in [-0.15, -0.1) is 0 Å². The molecule has 0 aliphatic heterocycles. The number of aromatic nitrogens is 4. The van der Waals surface area contributed by atoms with Gasteiger partial charge in [0, 0.05) is 49.6 Å². The van der Waals surface area contributed by atoms with Crippen LogP contribution >= 0.6 is 0 Å². The van der Waals surface area contributed by atoms with Gasteiger partial charge in [0.15, 0.2) is 5.82 Å². The third-order valence-electron chi connectivity index (χ3n) is 11.1. The molecule has 7 aromatic carbocycles. The molecule has 4 nitrogen and oxygen atoms in total. The smallest absolute Gasteiger partial charge is 0.160 e. The predicted molar refractivity (Wildman–Crippen MR) is 226 cm³/mol. The van der Waals surface area contributed by atoms with Crippen LogP contribution < -0.4 is 0 Å². The Morgan fingerprint density at radius 1 is 0.352 bits per heavy atom. The van der Waals surface area contributed by atoms with Crippen molar-refractivity contribution in [3.05, 3.63) is 180 Å². The van der Waals surface area contributed by atoms with Crippen molar-refractivity contribution in [2.75, 3.05) is 0 Å². The Kier molecular flexibility index (Phi) is 7.34. The molecular formula is C50H38N4. The second kappa shape index (κ2) is 12.4. The van der Waals surface area contributed by atoms with Crippen LogP contribution in [0.4, 0.5) is 0 Å². The minimum atomic E-state index is 0.742. The first kappa shape index (κ1) is 31.9. The molecule has 0 saturated carbocycles. The highest BCUT2D eigenvalue weighted by atomic mass is 15.0. The van der Waals surface area contributed by atoms with E-state index >= 15 is 0 Å². The first-order valence-electron chi connectivity index (χ1n) is 18.6. The predicted octanol–water partition coefficient (Wildman–Crippen LogP) is 12.9. The molecule has 4 heteroatoms. The molecule has 54 heavy (non-hydrogen) atoms. The Morgan fingerprint density at radius 3 is 1.48 bits per heavy atom. The van der Waals surface area contributed by atoms with E-state index < -0.39 is 0 Å². The number of benzene rings is 7. The van der Waals surface area contributed by atoms with E-state index in [2.05, 4.69) is 195 Å². The molecule has 0 unspecified atom stereocenters. The molecule has 0 radical (unpaired) electrons. The number of hydrogen-bond acceptors (Lipinski definition) is 2. The van der Waals surface area contributed by atoms with E-state index in [0.29, 0.717) is 0 Å². The lowest BCUT2D eigenvalue weighted by Crippen LogP contribution is -2.02. The summed E-state index contributed by atoms with van der Waals surface area (Å²) in [6.45, 7) is 8.69. The van der Waals surface area contributed by atoms with Gasteiger partial charge in [-0.1, -0.05) is 103 Å². The van der Waals surface area contributed by atoms with Crippen LogP contribution in [-0.2, 0) is 0 Å². The van der Waals surface area contributed by atoms with E-state index in [1.165, 1.54) is 60.4 Å². The summed E-state index contributed by atoms with van der Waals surface area (Å²) in [7, 11) is 0.